The number of benzene rings is 1. The van der Waals surface area contributed by atoms with Gasteiger partial charge in [0.05, 0.1) is 18.5 Å². The van der Waals surface area contributed by atoms with Crippen molar-refractivity contribution >= 4 is 9.84 Å². The summed E-state index contributed by atoms with van der Waals surface area (Å²) in [6, 6.07) is 7.31. The molecule has 0 spiro atoms. The molecule has 0 saturated heterocycles. The highest BCUT2D eigenvalue weighted by Gasteiger charge is 2.11. The maximum Gasteiger partial charge on any atom is 0.147 e. The molecule has 0 aliphatic carbocycles. The second-order valence-corrected chi connectivity index (χ2v) is 6.37. The minimum atomic E-state index is -3.02. The quantitative estimate of drug-likeness (QED) is 0.835. The van der Waals surface area contributed by atoms with Crippen LogP contribution in [0, 0.1) is 0 Å². The number of aliphatic hydroxyl groups excluding tert-OH is 1. The van der Waals surface area contributed by atoms with Gasteiger partial charge in [0.2, 0.25) is 0 Å². The molecule has 0 fully saturated rings. The summed E-state index contributed by atoms with van der Waals surface area (Å²) in [5, 5.41) is 9.81. The van der Waals surface area contributed by atoms with Gasteiger partial charge in [0.1, 0.15) is 9.84 Å². The van der Waals surface area contributed by atoms with Gasteiger partial charge in [0, 0.05) is 13.4 Å². The summed E-state index contributed by atoms with van der Waals surface area (Å²) in [6.45, 7) is 0.527. The Bertz CT molecular complexity index is 436. The first-order valence-corrected chi connectivity index (χ1v) is 7.42. The molecule has 17 heavy (non-hydrogen) atoms. The van der Waals surface area contributed by atoms with Crippen LogP contribution in [0.5, 0.6) is 0 Å². The highest BCUT2D eigenvalue weighted by atomic mass is 32.2. The fraction of sp³-hybridized carbons (Fsp3) is 0.500. The lowest BCUT2D eigenvalue weighted by atomic mass is 10.1. The smallest absolute Gasteiger partial charge is 0.147 e. The van der Waals surface area contributed by atoms with E-state index in [1.807, 2.05) is 12.1 Å². The number of hydrogen-bond donors (Lipinski definition) is 1. The Kier molecular flexibility index (Phi) is 5.11. The van der Waals surface area contributed by atoms with Crippen LogP contribution in [-0.2, 0) is 21.2 Å². The Morgan fingerprint density at radius 3 is 2.35 bits per heavy atom. The molecular weight excluding hydrogens is 240 g/mol. The van der Waals surface area contributed by atoms with Crippen molar-refractivity contribution in [2.75, 3.05) is 19.1 Å². The standard InChI is InChI=1S/C12H18O4S/c1-16-9-10-3-5-11(6-4-10)12(13)7-8-17(2,14)15/h3-6,12-13H,7-9H2,1-2H3. The molecule has 0 heterocycles. The van der Waals surface area contributed by atoms with Crippen LogP contribution in [0.4, 0.5) is 0 Å². The predicted molar refractivity (Wildman–Crippen MR) is 66.4 cm³/mol. The molecule has 1 aromatic carbocycles. The molecule has 0 radical (unpaired) electrons. The third-order valence-corrected chi connectivity index (χ3v) is 3.41. The molecular formula is C12H18O4S. The van der Waals surface area contributed by atoms with Crippen LogP contribution in [0.25, 0.3) is 0 Å². The van der Waals surface area contributed by atoms with E-state index in [1.165, 1.54) is 6.26 Å². The van der Waals surface area contributed by atoms with Gasteiger partial charge in [-0.2, -0.15) is 0 Å². The fourth-order valence-electron chi connectivity index (χ4n) is 1.50. The zero-order valence-corrected chi connectivity index (χ0v) is 10.9. The summed E-state index contributed by atoms with van der Waals surface area (Å²) < 4.78 is 26.9. The fourth-order valence-corrected chi connectivity index (χ4v) is 2.15. The number of ether oxygens (including phenoxy) is 1. The topological polar surface area (TPSA) is 63.6 Å². The van der Waals surface area contributed by atoms with E-state index in [4.69, 9.17) is 4.74 Å². The second-order valence-electron chi connectivity index (χ2n) is 4.11. The largest absolute Gasteiger partial charge is 0.388 e. The van der Waals surface area contributed by atoms with Crippen molar-refractivity contribution < 1.29 is 18.3 Å². The van der Waals surface area contributed by atoms with Crippen molar-refractivity contribution in [2.24, 2.45) is 0 Å². The van der Waals surface area contributed by atoms with Crippen molar-refractivity contribution in [1.29, 1.82) is 0 Å². The maximum absolute atomic E-state index is 11.0. The Balaban J connectivity index is 2.60. The van der Waals surface area contributed by atoms with E-state index >= 15 is 0 Å². The van der Waals surface area contributed by atoms with Gasteiger partial charge >= 0.3 is 0 Å². The van der Waals surface area contributed by atoms with Crippen molar-refractivity contribution in [3.63, 3.8) is 0 Å². The molecule has 1 atom stereocenters. The zero-order valence-electron chi connectivity index (χ0n) is 10.1. The van der Waals surface area contributed by atoms with E-state index in [0.29, 0.717) is 6.61 Å². The first-order valence-electron chi connectivity index (χ1n) is 5.36. The summed E-state index contributed by atoms with van der Waals surface area (Å²) in [5.41, 5.74) is 1.75. The van der Waals surface area contributed by atoms with Crippen molar-refractivity contribution in [2.45, 2.75) is 19.1 Å². The number of rotatable bonds is 6. The molecule has 96 valence electrons. The molecule has 4 nitrogen and oxygen atoms in total. The number of sulfone groups is 1. The van der Waals surface area contributed by atoms with Crippen molar-refractivity contribution in [1.82, 2.24) is 0 Å². The Morgan fingerprint density at radius 2 is 1.88 bits per heavy atom. The summed E-state index contributed by atoms with van der Waals surface area (Å²) in [5.74, 6) is -0.00596. The van der Waals surface area contributed by atoms with Crippen LogP contribution >= 0.6 is 0 Å². The molecule has 1 N–H and O–H groups in total. The first-order chi connectivity index (χ1) is 7.92. The Labute approximate surface area is 102 Å². The summed E-state index contributed by atoms with van der Waals surface area (Å²) in [6.07, 6.45) is 0.658. The van der Waals surface area contributed by atoms with Crippen LogP contribution in [-0.4, -0.2) is 32.6 Å². The number of aliphatic hydroxyl groups is 1. The van der Waals surface area contributed by atoms with Gasteiger partial charge in [0.25, 0.3) is 0 Å². The van der Waals surface area contributed by atoms with Crippen LogP contribution in [0.3, 0.4) is 0 Å². The molecule has 0 aromatic heterocycles. The first kappa shape index (κ1) is 14.2. The van der Waals surface area contributed by atoms with E-state index in [0.717, 1.165) is 11.1 Å². The number of methoxy groups -OCH3 is 1. The van der Waals surface area contributed by atoms with E-state index in [1.54, 1.807) is 19.2 Å². The predicted octanol–water partition coefficient (Wildman–Crippen LogP) is 1.30. The average Bonchev–Trinajstić information content (AvgIpc) is 2.26. The zero-order chi connectivity index (χ0) is 12.9. The highest BCUT2D eigenvalue weighted by molar-refractivity contribution is 7.90. The SMILES string of the molecule is COCc1ccc(C(O)CCS(C)(=O)=O)cc1. The third-order valence-electron chi connectivity index (χ3n) is 2.44. The minimum absolute atomic E-state index is 0.00596. The second kappa shape index (κ2) is 6.14. The van der Waals surface area contributed by atoms with Gasteiger partial charge in [-0.25, -0.2) is 8.42 Å². The molecule has 1 unspecified atom stereocenters. The highest BCUT2D eigenvalue weighted by Crippen LogP contribution is 2.18. The van der Waals surface area contributed by atoms with Gasteiger partial charge in [-0.1, -0.05) is 24.3 Å². The lowest BCUT2D eigenvalue weighted by Crippen LogP contribution is -2.08. The van der Waals surface area contributed by atoms with Crippen LogP contribution in [0.15, 0.2) is 24.3 Å². The van der Waals surface area contributed by atoms with Gasteiger partial charge in [-0.3, -0.25) is 0 Å². The lowest BCUT2D eigenvalue weighted by Gasteiger charge is -2.10. The van der Waals surface area contributed by atoms with Crippen molar-refractivity contribution in [3.05, 3.63) is 35.4 Å². The molecule has 0 aliphatic heterocycles. The average molecular weight is 258 g/mol. The lowest BCUT2D eigenvalue weighted by molar-refractivity contribution is 0.173. The van der Waals surface area contributed by atoms with Crippen LogP contribution in [0.1, 0.15) is 23.7 Å². The molecule has 0 aliphatic rings. The summed E-state index contributed by atoms with van der Waals surface area (Å²) in [4.78, 5) is 0. The van der Waals surface area contributed by atoms with Gasteiger partial charge in [-0.15, -0.1) is 0 Å². The van der Waals surface area contributed by atoms with Crippen molar-refractivity contribution in [3.8, 4) is 0 Å². The van der Waals surface area contributed by atoms with Gasteiger partial charge in [-0.05, 0) is 17.5 Å². The maximum atomic E-state index is 11.0. The Morgan fingerprint density at radius 1 is 1.29 bits per heavy atom. The molecule has 0 amide bonds. The molecule has 1 rings (SSSR count). The minimum Gasteiger partial charge on any atom is -0.388 e. The summed E-state index contributed by atoms with van der Waals surface area (Å²) in [7, 11) is -1.40. The van der Waals surface area contributed by atoms with Gasteiger partial charge in [0.15, 0.2) is 0 Å². The molecule has 0 bridgehead atoms. The molecule has 0 saturated carbocycles. The normalized spacial score (nSPS) is 13.6. The van der Waals surface area contributed by atoms with E-state index in [9.17, 15) is 13.5 Å². The summed E-state index contributed by atoms with van der Waals surface area (Å²) >= 11 is 0. The monoisotopic (exact) mass is 258 g/mol. The number of hydrogen-bond acceptors (Lipinski definition) is 4. The van der Waals surface area contributed by atoms with Crippen LogP contribution in [0.2, 0.25) is 0 Å². The van der Waals surface area contributed by atoms with Crippen LogP contribution < -0.4 is 0 Å². The van der Waals surface area contributed by atoms with E-state index in [2.05, 4.69) is 0 Å². The van der Waals surface area contributed by atoms with E-state index in [-0.39, 0.29) is 12.2 Å². The van der Waals surface area contributed by atoms with Gasteiger partial charge < -0.3 is 9.84 Å². The van der Waals surface area contributed by atoms with E-state index < -0.39 is 15.9 Å². The molecule has 5 heteroatoms. The molecule has 1 aromatic rings. The Hall–Kier alpha value is -0.910. The third kappa shape index (κ3) is 5.30.